The van der Waals surface area contributed by atoms with Crippen molar-refractivity contribution in [2.24, 2.45) is 0 Å². The van der Waals surface area contributed by atoms with Crippen LogP contribution in [0.4, 0.5) is 0 Å². The van der Waals surface area contributed by atoms with Crippen molar-refractivity contribution < 1.29 is 13.7 Å². The molecule has 26 heavy (non-hydrogen) atoms. The Morgan fingerprint density at radius 2 is 1.85 bits per heavy atom. The Morgan fingerprint density at radius 3 is 2.69 bits per heavy atom. The quantitative estimate of drug-likeness (QED) is 0.486. The molecule has 0 unspecified atom stereocenters. The van der Waals surface area contributed by atoms with E-state index in [1.54, 1.807) is 7.11 Å². The van der Waals surface area contributed by atoms with E-state index in [4.69, 9.17) is 13.7 Å². The molecular formula is C18H13BrN4O3. The van der Waals surface area contributed by atoms with Crippen LogP contribution in [0.1, 0.15) is 11.8 Å². The summed E-state index contributed by atoms with van der Waals surface area (Å²) in [6, 6.07) is 15.1. The number of nitrogens with zero attached hydrogens (tertiary/aromatic N) is 4. The number of methoxy groups -OCH3 is 1. The van der Waals surface area contributed by atoms with Gasteiger partial charge in [0.25, 0.3) is 0 Å². The largest absolute Gasteiger partial charge is 0.497 e. The van der Waals surface area contributed by atoms with Gasteiger partial charge in [0, 0.05) is 15.6 Å². The van der Waals surface area contributed by atoms with Gasteiger partial charge >= 0.3 is 0 Å². The lowest BCUT2D eigenvalue weighted by Gasteiger charge is -1.99. The lowest BCUT2D eigenvalue weighted by Crippen LogP contribution is -1.89. The van der Waals surface area contributed by atoms with Crippen LogP contribution in [-0.4, -0.2) is 27.4 Å². The van der Waals surface area contributed by atoms with Gasteiger partial charge in [-0.3, -0.25) is 0 Å². The minimum Gasteiger partial charge on any atom is -0.497 e. The van der Waals surface area contributed by atoms with Crippen LogP contribution in [0.2, 0.25) is 0 Å². The molecule has 130 valence electrons. The fourth-order valence-electron chi connectivity index (χ4n) is 2.40. The van der Waals surface area contributed by atoms with E-state index in [1.165, 1.54) is 0 Å². The van der Waals surface area contributed by atoms with E-state index in [1.807, 2.05) is 48.5 Å². The summed E-state index contributed by atoms with van der Waals surface area (Å²) in [5, 5.41) is 12.1. The predicted molar refractivity (Wildman–Crippen MR) is 96.5 cm³/mol. The molecule has 4 rings (SSSR count). The maximum atomic E-state index is 5.69. The molecule has 4 aromatic rings. The van der Waals surface area contributed by atoms with Gasteiger partial charge in [0.2, 0.25) is 23.5 Å². The number of aromatic nitrogens is 4. The molecule has 7 nitrogen and oxygen atoms in total. The van der Waals surface area contributed by atoms with Gasteiger partial charge in [-0.25, -0.2) is 0 Å². The van der Waals surface area contributed by atoms with Crippen LogP contribution >= 0.6 is 15.9 Å². The van der Waals surface area contributed by atoms with Crippen LogP contribution in [0, 0.1) is 0 Å². The molecule has 0 amide bonds. The molecule has 8 heteroatoms. The topological polar surface area (TPSA) is 87.1 Å². The van der Waals surface area contributed by atoms with E-state index in [2.05, 4.69) is 36.3 Å². The van der Waals surface area contributed by atoms with Gasteiger partial charge in [-0.1, -0.05) is 39.3 Å². The molecule has 0 saturated carbocycles. The van der Waals surface area contributed by atoms with Crippen molar-refractivity contribution in [3.8, 4) is 28.6 Å². The van der Waals surface area contributed by atoms with Crippen LogP contribution < -0.4 is 4.74 Å². The van der Waals surface area contributed by atoms with E-state index in [0.29, 0.717) is 23.5 Å². The summed E-state index contributed by atoms with van der Waals surface area (Å²) in [5.74, 6) is 2.44. The fraction of sp³-hybridized carbons (Fsp3) is 0.111. The molecule has 0 radical (unpaired) electrons. The van der Waals surface area contributed by atoms with E-state index in [-0.39, 0.29) is 6.42 Å². The number of hydrogen-bond donors (Lipinski definition) is 0. The SMILES string of the molecule is COc1cccc(-c2nnc(Cc3nc(-c4cccc(Br)c4)no3)o2)c1. The number of hydrogen-bond acceptors (Lipinski definition) is 7. The summed E-state index contributed by atoms with van der Waals surface area (Å²) in [5.41, 5.74) is 1.64. The molecule has 2 heterocycles. The number of halogens is 1. The van der Waals surface area contributed by atoms with E-state index >= 15 is 0 Å². The summed E-state index contributed by atoms with van der Waals surface area (Å²) in [6.07, 6.45) is 0.262. The Bertz CT molecular complexity index is 1040. The Hall–Kier alpha value is -3.00. The van der Waals surface area contributed by atoms with Crippen molar-refractivity contribution >= 4 is 15.9 Å². The summed E-state index contributed by atoms with van der Waals surface area (Å²) in [7, 11) is 1.61. The third-order valence-electron chi connectivity index (χ3n) is 3.64. The smallest absolute Gasteiger partial charge is 0.247 e. The molecule has 0 aliphatic carbocycles. The average molecular weight is 413 g/mol. The molecule has 0 spiro atoms. The van der Waals surface area contributed by atoms with Crippen molar-refractivity contribution in [2.75, 3.05) is 7.11 Å². The van der Waals surface area contributed by atoms with Crippen molar-refractivity contribution in [2.45, 2.75) is 6.42 Å². The second-order valence-corrected chi connectivity index (χ2v) is 6.35. The van der Waals surface area contributed by atoms with E-state index in [0.717, 1.165) is 21.3 Å². The number of ether oxygens (including phenoxy) is 1. The number of rotatable bonds is 5. The summed E-state index contributed by atoms with van der Waals surface area (Å²) >= 11 is 3.43. The molecule has 2 aromatic carbocycles. The van der Waals surface area contributed by atoms with Crippen molar-refractivity contribution in [1.82, 2.24) is 20.3 Å². The van der Waals surface area contributed by atoms with Crippen LogP contribution in [0.25, 0.3) is 22.8 Å². The van der Waals surface area contributed by atoms with Crippen LogP contribution in [0.15, 0.2) is 61.9 Å². The highest BCUT2D eigenvalue weighted by atomic mass is 79.9. The van der Waals surface area contributed by atoms with Gasteiger partial charge < -0.3 is 13.7 Å². The van der Waals surface area contributed by atoms with Gasteiger partial charge in [0.15, 0.2) is 0 Å². The lowest BCUT2D eigenvalue weighted by atomic mass is 10.2. The van der Waals surface area contributed by atoms with Crippen molar-refractivity contribution in [1.29, 1.82) is 0 Å². The number of benzene rings is 2. The Labute approximate surface area is 157 Å². The van der Waals surface area contributed by atoms with Gasteiger partial charge in [-0.05, 0) is 30.3 Å². The van der Waals surface area contributed by atoms with Gasteiger partial charge in [-0.15, -0.1) is 10.2 Å². The fourth-order valence-corrected chi connectivity index (χ4v) is 2.80. The van der Waals surface area contributed by atoms with E-state index in [9.17, 15) is 0 Å². The first kappa shape index (κ1) is 16.5. The third-order valence-corrected chi connectivity index (χ3v) is 4.13. The zero-order chi connectivity index (χ0) is 17.9. The first-order valence-electron chi connectivity index (χ1n) is 7.76. The van der Waals surface area contributed by atoms with Gasteiger partial charge in [-0.2, -0.15) is 4.98 Å². The van der Waals surface area contributed by atoms with Crippen LogP contribution in [-0.2, 0) is 6.42 Å². The lowest BCUT2D eigenvalue weighted by molar-refractivity contribution is 0.374. The zero-order valence-corrected chi connectivity index (χ0v) is 15.3. The zero-order valence-electron chi connectivity index (χ0n) is 13.7. The predicted octanol–water partition coefficient (Wildman–Crippen LogP) is 4.15. The van der Waals surface area contributed by atoms with Crippen molar-refractivity contribution in [3.63, 3.8) is 0 Å². The summed E-state index contributed by atoms with van der Waals surface area (Å²) in [4.78, 5) is 4.38. The van der Waals surface area contributed by atoms with Crippen LogP contribution in [0.5, 0.6) is 5.75 Å². The van der Waals surface area contributed by atoms with Crippen molar-refractivity contribution in [3.05, 3.63) is 64.8 Å². The summed E-state index contributed by atoms with van der Waals surface area (Å²) < 4.78 is 17.1. The molecule has 0 atom stereocenters. The molecule has 2 aromatic heterocycles. The highest BCUT2D eigenvalue weighted by Gasteiger charge is 2.15. The highest BCUT2D eigenvalue weighted by Crippen LogP contribution is 2.24. The molecular weight excluding hydrogens is 400 g/mol. The molecule has 0 aliphatic heterocycles. The maximum Gasteiger partial charge on any atom is 0.247 e. The normalized spacial score (nSPS) is 10.8. The molecule has 0 saturated heterocycles. The Balaban J connectivity index is 1.53. The standard InChI is InChI=1S/C18H13BrN4O3/c1-24-14-7-3-5-12(9-14)18-22-21-16(25-18)10-15-20-17(23-26-15)11-4-2-6-13(19)8-11/h2-9H,10H2,1H3. The first-order valence-corrected chi connectivity index (χ1v) is 8.56. The van der Waals surface area contributed by atoms with Gasteiger partial charge in [0.05, 0.1) is 7.11 Å². The second kappa shape index (κ2) is 7.09. The molecule has 0 fully saturated rings. The molecule has 0 N–H and O–H groups in total. The minimum absolute atomic E-state index is 0.262. The Kier molecular flexibility index (Phi) is 4.49. The summed E-state index contributed by atoms with van der Waals surface area (Å²) in [6.45, 7) is 0. The highest BCUT2D eigenvalue weighted by molar-refractivity contribution is 9.10. The maximum absolute atomic E-state index is 5.69. The van der Waals surface area contributed by atoms with Crippen LogP contribution in [0.3, 0.4) is 0 Å². The molecule has 0 bridgehead atoms. The van der Waals surface area contributed by atoms with E-state index < -0.39 is 0 Å². The minimum atomic E-state index is 0.262. The monoisotopic (exact) mass is 412 g/mol. The first-order chi connectivity index (χ1) is 12.7. The molecule has 0 aliphatic rings. The Morgan fingerprint density at radius 1 is 1.00 bits per heavy atom. The average Bonchev–Trinajstić information content (AvgIpc) is 3.32. The second-order valence-electron chi connectivity index (χ2n) is 5.43. The third kappa shape index (κ3) is 3.50. The van der Waals surface area contributed by atoms with Gasteiger partial charge in [0.1, 0.15) is 12.2 Å².